The van der Waals surface area contributed by atoms with E-state index in [1.165, 1.54) is 24.1 Å². The quantitative estimate of drug-likeness (QED) is 0.683. The number of nitrogens with one attached hydrogen (secondary N) is 1. The van der Waals surface area contributed by atoms with Crippen molar-refractivity contribution in [2.45, 2.75) is 33.1 Å². The molecular weight excluding hydrogens is 158 g/mol. The van der Waals surface area contributed by atoms with Gasteiger partial charge in [0, 0.05) is 12.2 Å². The van der Waals surface area contributed by atoms with E-state index in [1.54, 1.807) is 0 Å². The SMILES string of the molecule is C\C=C1/NCCC/C1=C/C=C\CC. The molecule has 1 nitrogen and oxygen atoms in total. The first-order valence-corrected chi connectivity index (χ1v) is 5.14. The lowest BCUT2D eigenvalue weighted by atomic mass is 10.0. The van der Waals surface area contributed by atoms with Crippen molar-refractivity contribution in [1.29, 1.82) is 0 Å². The van der Waals surface area contributed by atoms with Crippen LogP contribution in [-0.4, -0.2) is 6.54 Å². The molecule has 13 heavy (non-hydrogen) atoms. The van der Waals surface area contributed by atoms with E-state index in [2.05, 4.69) is 43.5 Å². The Balaban J connectivity index is 2.64. The fraction of sp³-hybridized carbons (Fsp3) is 0.500. The number of hydrogen-bond donors (Lipinski definition) is 1. The Hall–Kier alpha value is -0.980. The average molecular weight is 177 g/mol. The first kappa shape index (κ1) is 10.1. The molecule has 1 saturated heterocycles. The van der Waals surface area contributed by atoms with Gasteiger partial charge in [0.2, 0.25) is 0 Å². The van der Waals surface area contributed by atoms with Crippen LogP contribution in [0.3, 0.4) is 0 Å². The third kappa shape index (κ3) is 3.10. The van der Waals surface area contributed by atoms with Crippen LogP contribution in [-0.2, 0) is 0 Å². The molecule has 0 aromatic carbocycles. The van der Waals surface area contributed by atoms with Crippen LogP contribution in [0.5, 0.6) is 0 Å². The van der Waals surface area contributed by atoms with Crippen LogP contribution in [0.4, 0.5) is 0 Å². The molecule has 0 aromatic rings. The molecule has 0 amide bonds. The number of piperidine rings is 1. The second-order valence-electron chi connectivity index (χ2n) is 3.26. The van der Waals surface area contributed by atoms with Crippen molar-refractivity contribution in [3.05, 3.63) is 35.6 Å². The average Bonchev–Trinajstić information content (AvgIpc) is 2.19. The molecule has 72 valence electrons. The van der Waals surface area contributed by atoms with E-state index in [0.29, 0.717) is 0 Å². The summed E-state index contributed by atoms with van der Waals surface area (Å²) in [4.78, 5) is 0. The highest BCUT2D eigenvalue weighted by molar-refractivity contribution is 5.33. The molecule has 1 heterocycles. The lowest BCUT2D eigenvalue weighted by molar-refractivity contribution is 0.668. The van der Waals surface area contributed by atoms with Gasteiger partial charge >= 0.3 is 0 Å². The Morgan fingerprint density at radius 2 is 2.31 bits per heavy atom. The maximum atomic E-state index is 3.40. The summed E-state index contributed by atoms with van der Waals surface area (Å²) < 4.78 is 0. The van der Waals surface area contributed by atoms with Gasteiger partial charge in [-0.3, -0.25) is 0 Å². The number of hydrogen-bond acceptors (Lipinski definition) is 1. The second-order valence-corrected chi connectivity index (χ2v) is 3.26. The third-order valence-electron chi connectivity index (χ3n) is 2.24. The molecule has 1 fully saturated rings. The van der Waals surface area contributed by atoms with Gasteiger partial charge in [-0.05, 0) is 31.8 Å². The summed E-state index contributed by atoms with van der Waals surface area (Å²) in [6, 6.07) is 0. The highest BCUT2D eigenvalue weighted by atomic mass is 14.9. The first-order valence-electron chi connectivity index (χ1n) is 5.14. The van der Waals surface area contributed by atoms with Crippen LogP contribution in [0.25, 0.3) is 0 Å². The fourth-order valence-electron chi connectivity index (χ4n) is 1.53. The molecule has 1 aliphatic heterocycles. The second kappa shape index (κ2) is 5.63. The molecule has 0 radical (unpaired) electrons. The minimum atomic E-state index is 1.11. The third-order valence-corrected chi connectivity index (χ3v) is 2.24. The van der Waals surface area contributed by atoms with E-state index in [0.717, 1.165) is 13.0 Å². The van der Waals surface area contributed by atoms with Crippen LogP contribution in [0.1, 0.15) is 33.1 Å². The van der Waals surface area contributed by atoms with Crippen molar-refractivity contribution in [2.24, 2.45) is 0 Å². The largest absolute Gasteiger partial charge is 0.385 e. The molecular formula is C12H19N. The van der Waals surface area contributed by atoms with Crippen LogP contribution in [0.15, 0.2) is 35.6 Å². The van der Waals surface area contributed by atoms with Gasteiger partial charge in [-0.15, -0.1) is 0 Å². The number of rotatable bonds is 2. The van der Waals surface area contributed by atoms with Crippen molar-refractivity contribution >= 4 is 0 Å². The fourth-order valence-corrected chi connectivity index (χ4v) is 1.53. The lowest BCUT2D eigenvalue weighted by Crippen LogP contribution is -2.21. The molecule has 0 aromatic heterocycles. The minimum Gasteiger partial charge on any atom is -0.385 e. The van der Waals surface area contributed by atoms with Crippen molar-refractivity contribution in [2.75, 3.05) is 6.54 Å². The standard InChI is InChI=1S/C12H19N/c1-3-5-6-8-11-9-7-10-13-12(11)4-2/h4-6,8,13H,3,7,9-10H2,1-2H3/b6-5-,11-8-,12-4-. The van der Waals surface area contributed by atoms with E-state index in [1.807, 2.05) is 0 Å². The van der Waals surface area contributed by atoms with E-state index >= 15 is 0 Å². The maximum absolute atomic E-state index is 3.40. The van der Waals surface area contributed by atoms with Gasteiger partial charge in [0.15, 0.2) is 0 Å². The molecule has 1 rings (SSSR count). The molecule has 1 heteroatoms. The highest BCUT2D eigenvalue weighted by Gasteiger charge is 2.07. The monoisotopic (exact) mass is 177 g/mol. The molecule has 0 unspecified atom stereocenters. The number of allylic oxidation sites excluding steroid dienone is 5. The summed E-state index contributed by atoms with van der Waals surface area (Å²) >= 11 is 0. The predicted octanol–water partition coefficient (Wildman–Crippen LogP) is 3.17. The summed E-state index contributed by atoms with van der Waals surface area (Å²) in [6.07, 6.45) is 12.3. The van der Waals surface area contributed by atoms with Crippen molar-refractivity contribution in [1.82, 2.24) is 5.32 Å². The lowest BCUT2D eigenvalue weighted by Gasteiger charge is -2.19. The molecule has 0 aliphatic carbocycles. The highest BCUT2D eigenvalue weighted by Crippen LogP contribution is 2.18. The van der Waals surface area contributed by atoms with E-state index < -0.39 is 0 Å². The molecule has 0 saturated carbocycles. The maximum Gasteiger partial charge on any atom is 0.0329 e. The van der Waals surface area contributed by atoms with E-state index in [4.69, 9.17) is 0 Å². The smallest absolute Gasteiger partial charge is 0.0329 e. The zero-order chi connectivity index (χ0) is 9.52. The van der Waals surface area contributed by atoms with E-state index in [9.17, 15) is 0 Å². The summed E-state index contributed by atoms with van der Waals surface area (Å²) in [5, 5.41) is 3.40. The zero-order valence-corrected chi connectivity index (χ0v) is 8.64. The normalized spacial score (nSPS) is 24.2. The van der Waals surface area contributed by atoms with Gasteiger partial charge in [-0.1, -0.05) is 31.2 Å². The van der Waals surface area contributed by atoms with Crippen molar-refractivity contribution in [3.63, 3.8) is 0 Å². The van der Waals surface area contributed by atoms with Crippen LogP contribution in [0.2, 0.25) is 0 Å². The van der Waals surface area contributed by atoms with Crippen molar-refractivity contribution < 1.29 is 0 Å². The zero-order valence-electron chi connectivity index (χ0n) is 8.64. The molecule has 0 atom stereocenters. The summed E-state index contributed by atoms with van der Waals surface area (Å²) in [5.74, 6) is 0. The first-order chi connectivity index (χ1) is 6.38. The Kier molecular flexibility index (Phi) is 4.37. The summed E-state index contributed by atoms with van der Waals surface area (Å²) in [6.45, 7) is 5.37. The van der Waals surface area contributed by atoms with Crippen molar-refractivity contribution in [3.8, 4) is 0 Å². The van der Waals surface area contributed by atoms with E-state index in [-0.39, 0.29) is 0 Å². The van der Waals surface area contributed by atoms with Gasteiger partial charge in [-0.25, -0.2) is 0 Å². The molecule has 1 aliphatic rings. The topological polar surface area (TPSA) is 12.0 Å². The molecule has 1 N–H and O–H groups in total. The Morgan fingerprint density at radius 3 is 3.00 bits per heavy atom. The molecule has 0 bridgehead atoms. The van der Waals surface area contributed by atoms with Gasteiger partial charge in [-0.2, -0.15) is 0 Å². The Labute approximate surface area is 81.2 Å². The van der Waals surface area contributed by atoms with Crippen LogP contribution < -0.4 is 5.32 Å². The Morgan fingerprint density at radius 1 is 1.46 bits per heavy atom. The minimum absolute atomic E-state index is 1.11. The van der Waals surface area contributed by atoms with Gasteiger partial charge in [0.1, 0.15) is 0 Å². The van der Waals surface area contributed by atoms with Gasteiger partial charge < -0.3 is 5.32 Å². The molecule has 0 spiro atoms. The Bertz CT molecular complexity index is 234. The van der Waals surface area contributed by atoms with Gasteiger partial charge in [0.05, 0.1) is 0 Å². The van der Waals surface area contributed by atoms with Gasteiger partial charge in [0.25, 0.3) is 0 Å². The summed E-state index contributed by atoms with van der Waals surface area (Å²) in [7, 11) is 0. The summed E-state index contributed by atoms with van der Waals surface area (Å²) in [5.41, 5.74) is 2.76. The predicted molar refractivity (Wildman–Crippen MR) is 58.5 cm³/mol. The van der Waals surface area contributed by atoms with Crippen LogP contribution >= 0.6 is 0 Å². The van der Waals surface area contributed by atoms with Crippen LogP contribution in [0, 0.1) is 0 Å².